The Morgan fingerprint density at radius 2 is 1.93 bits per heavy atom. The van der Waals surface area contributed by atoms with E-state index in [0.29, 0.717) is 23.2 Å². The molecule has 2 aliphatic rings. The second-order valence-corrected chi connectivity index (χ2v) is 10.1. The van der Waals surface area contributed by atoms with Crippen LogP contribution in [0.25, 0.3) is 0 Å². The Morgan fingerprint density at radius 1 is 1.20 bits per heavy atom. The molecule has 1 fully saturated rings. The Hall–Kier alpha value is -2.32. The summed E-state index contributed by atoms with van der Waals surface area (Å²) in [6, 6.07) is 4.64. The number of hydrogen-bond donors (Lipinski definition) is 3. The van der Waals surface area contributed by atoms with Crippen LogP contribution in [0.15, 0.2) is 27.7 Å². The molecule has 7 nitrogen and oxygen atoms in total. The summed E-state index contributed by atoms with van der Waals surface area (Å²) in [4.78, 5) is 12.7. The summed E-state index contributed by atoms with van der Waals surface area (Å²) in [6.07, 6.45) is 4.36. The molecule has 1 aromatic heterocycles. The van der Waals surface area contributed by atoms with E-state index in [-0.39, 0.29) is 0 Å². The number of anilines is 1. The fourth-order valence-corrected chi connectivity index (χ4v) is 5.30. The van der Waals surface area contributed by atoms with Crippen LogP contribution >= 0.6 is 0 Å². The predicted molar refractivity (Wildman–Crippen MR) is 113 cm³/mol. The van der Waals surface area contributed by atoms with Gasteiger partial charge in [-0.3, -0.25) is 0 Å². The van der Waals surface area contributed by atoms with Gasteiger partial charge in [-0.25, -0.2) is 9.52 Å². The van der Waals surface area contributed by atoms with Crippen LogP contribution in [0.3, 0.4) is 0 Å². The van der Waals surface area contributed by atoms with Crippen molar-refractivity contribution in [1.29, 1.82) is 0 Å². The van der Waals surface area contributed by atoms with Gasteiger partial charge in [0.1, 0.15) is 5.76 Å². The van der Waals surface area contributed by atoms with Crippen LogP contribution in [0.4, 0.5) is 10.5 Å². The van der Waals surface area contributed by atoms with Gasteiger partial charge in [-0.2, -0.15) is 8.42 Å². The molecule has 162 valence electrons. The Kier molecular flexibility index (Phi) is 5.40. The average molecular weight is 433 g/mol. The van der Waals surface area contributed by atoms with Crippen LogP contribution in [0, 0.1) is 12.8 Å². The maximum Gasteiger partial charge on any atom is 0.333 e. The summed E-state index contributed by atoms with van der Waals surface area (Å²) in [5.41, 5.74) is 4.51. The molecule has 0 bridgehead atoms. The topological polar surface area (TPSA) is 109 Å². The van der Waals surface area contributed by atoms with E-state index in [9.17, 15) is 18.3 Å². The van der Waals surface area contributed by atoms with Crippen molar-refractivity contribution in [3.8, 4) is 0 Å². The first-order valence-electron chi connectivity index (χ1n) is 10.4. The van der Waals surface area contributed by atoms with Gasteiger partial charge in [-0.15, -0.1) is 0 Å². The maximum absolute atomic E-state index is 12.7. The number of nitrogens with one attached hydrogen (secondary N) is 2. The van der Waals surface area contributed by atoms with Gasteiger partial charge >= 0.3 is 6.03 Å². The lowest BCUT2D eigenvalue weighted by Crippen LogP contribution is -2.34. The monoisotopic (exact) mass is 432 g/mol. The largest absolute Gasteiger partial charge is 0.448 e. The van der Waals surface area contributed by atoms with Gasteiger partial charge in [0.05, 0.1) is 6.10 Å². The van der Waals surface area contributed by atoms with Crippen LogP contribution in [0.5, 0.6) is 0 Å². The van der Waals surface area contributed by atoms with E-state index in [2.05, 4.69) is 24.4 Å². The molecule has 0 spiro atoms. The standard InChI is InChI=1S/C22H28N2O5S/c1-12(15-7-8-15)17-10-9-16-5-4-6-18(16)21(17)23-22(26)24-30(27,28)20-11-19(13(2)25)14(3)29-20/h9-13,15,25H,4-8H2,1-3H3,(H2,23,24,26). The molecule has 4 rings (SSSR count). The molecule has 1 aromatic carbocycles. The third-order valence-corrected chi connectivity index (χ3v) is 7.43. The molecule has 2 aromatic rings. The number of benzene rings is 1. The third kappa shape index (κ3) is 3.98. The van der Waals surface area contributed by atoms with Crippen LogP contribution < -0.4 is 10.0 Å². The van der Waals surface area contributed by atoms with E-state index in [1.54, 1.807) is 6.92 Å². The minimum absolute atomic E-state index is 0.298. The van der Waals surface area contributed by atoms with Gasteiger partial charge in [0.2, 0.25) is 5.09 Å². The molecule has 1 heterocycles. The van der Waals surface area contributed by atoms with Crippen molar-refractivity contribution < 1.29 is 22.7 Å². The molecule has 3 N–H and O–H groups in total. The van der Waals surface area contributed by atoms with Crippen molar-refractivity contribution in [3.05, 3.63) is 46.2 Å². The minimum atomic E-state index is -4.21. The first-order valence-corrected chi connectivity index (χ1v) is 11.9. The molecular formula is C22H28N2O5S. The molecule has 0 saturated heterocycles. The van der Waals surface area contributed by atoms with E-state index in [4.69, 9.17) is 4.42 Å². The number of urea groups is 1. The fraction of sp³-hybridized carbons (Fsp3) is 0.500. The van der Waals surface area contributed by atoms with Crippen molar-refractivity contribution in [2.24, 2.45) is 5.92 Å². The molecular weight excluding hydrogens is 404 g/mol. The Bertz CT molecular complexity index is 1080. The molecule has 0 aliphatic heterocycles. The molecule has 2 aliphatic carbocycles. The zero-order chi connectivity index (χ0) is 21.6. The second-order valence-electron chi connectivity index (χ2n) is 8.46. The van der Waals surface area contributed by atoms with Gasteiger partial charge in [0.25, 0.3) is 10.0 Å². The highest BCUT2D eigenvalue weighted by Crippen LogP contribution is 2.46. The Balaban J connectivity index is 1.58. The van der Waals surface area contributed by atoms with Crippen LogP contribution in [-0.2, 0) is 22.9 Å². The summed E-state index contributed by atoms with van der Waals surface area (Å²) in [6.45, 7) is 5.25. The highest BCUT2D eigenvalue weighted by molar-refractivity contribution is 7.89. The SMILES string of the molecule is Cc1oc(S(=O)(=O)NC(=O)Nc2c(C(C)C3CC3)ccc3c2CCC3)cc1C(C)O. The van der Waals surface area contributed by atoms with E-state index in [1.807, 2.05) is 4.72 Å². The van der Waals surface area contributed by atoms with Crippen LogP contribution in [0.1, 0.15) is 73.1 Å². The summed E-state index contributed by atoms with van der Waals surface area (Å²) < 4.78 is 32.6. The fourth-order valence-electron chi connectivity index (χ4n) is 4.39. The molecule has 8 heteroatoms. The van der Waals surface area contributed by atoms with Gasteiger partial charge in [0, 0.05) is 17.3 Å². The maximum atomic E-state index is 12.7. The van der Waals surface area contributed by atoms with Crippen LogP contribution in [-0.4, -0.2) is 19.6 Å². The minimum Gasteiger partial charge on any atom is -0.448 e. The quantitative estimate of drug-likeness (QED) is 0.635. The number of fused-ring (bicyclic) bond motifs is 1. The summed E-state index contributed by atoms with van der Waals surface area (Å²) in [7, 11) is -4.21. The first kappa shape index (κ1) is 20.9. The number of aliphatic hydroxyl groups is 1. The van der Waals surface area contributed by atoms with Gasteiger partial charge in [-0.05, 0) is 74.5 Å². The van der Waals surface area contributed by atoms with Crippen molar-refractivity contribution in [1.82, 2.24) is 4.72 Å². The molecule has 1 saturated carbocycles. The molecule has 2 amide bonds. The van der Waals surface area contributed by atoms with Gasteiger partial charge in [0.15, 0.2) is 0 Å². The summed E-state index contributed by atoms with van der Waals surface area (Å²) >= 11 is 0. The average Bonchev–Trinajstić information content (AvgIpc) is 3.26. The number of hydrogen-bond acceptors (Lipinski definition) is 5. The molecule has 0 radical (unpaired) electrons. The molecule has 2 unspecified atom stereocenters. The number of carbonyl (C=O) groups is 1. The lowest BCUT2D eigenvalue weighted by Gasteiger charge is -2.20. The van der Waals surface area contributed by atoms with Crippen molar-refractivity contribution >= 4 is 21.7 Å². The second kappa shape index (κ2) is 7.74. The third-order valence-electron chi connectivity index (χ3n) is 6.25. The number of amides is 2. The van der Waals surface area contributed by atoms with E-state index >= 15 is 0 Å². The molecule has 30 heavy (non-hydrogen) atoms. The van der Waals surface area contributed by atoms with E-state index in [0.717, 1.165) is 36.1 Å². The summed E-state index contributed by atoms with van der Waals surface area (Å²) in [5.74, 6) is 1.22. The number of aliphatic hydroxyl groups excluding tert-OH is 1. The number of carbonyl (C=O) groups excluding carboxylic acids is 1. The predicted octanol–water partition coefficient (Wildman–Crippen LogP) is 4.15. The van der Waals surface area contributed by atoms with Crippen molar-refractivity contribution in [2.45, 2.75) is 70.0 Å². The van der Waals surface area contributed by atoms with Gasteiger partial charge in [-0.1, -0.05) is 19.1 Å². The lowest BCUT2D eigenvalue weighted by atomic mass is 9.91. The van der Waals surface area contributed by atoms with E-state index in [1.165, 1.54) is 31.4 Å². The number of aryl methyl sites for hydroxylation is 2. The van der Waals surface area contributed by atoms with Crippen LogP contribution in [0.2, 0.25) is 0 Å². The first-order chi connectivity index (χ1) is 14.2. The Labute approximate surface area is 176 Å². The number of sulfonamides is 1. The number of furan rings is 1. The summed E-state index contributed by atoms with van der Waals surface area (Å²) in [5, 5.41) is 12.2. The molecule has 2 atom stereocenters. The zero-order valence-electron chi connectivity index (χ0n) is 17.5. The highest BCUT2D eigenvalue weighted by atomic mass is 32.2. The van der Waals surface area contributed by atoms with Crippen molar-refractivity contribution in [3.63, 3.8) is 0 Å². The highest BCUT2D eigenvalue weighted by Gasteiger charge is 2.33. The van der Waals surface area contributed by atoms with Crippen molar-refractivity contribution in [2.75, 3.05) is 5.32 Å². The Morgan fingerprint density at radius 3 is 2.57 bits per heavy atom. The van der Waals surface area contributed by atoms with E-state index < -0.39 is 27.3 Å². The zero-order valence-corrected chi connectivity index (χ0v) is 18.3. The normalized spacial score (nSPS) is 18.0. The number of rotatable bonds is 6. The van der Waals surface area contributed by atoms with Gasteiger partial charge < -0.3 is 14.8 Å². The smallest absolute Gasteiger partial charge is 0.333 e. The lowest BCUT2D eigenvalue weighted by molar-refractivity contribution is 0.197.